The largest absolute Gasteiger partial charge is 0.417 e. The van der Waals surface area contributed by atoms with Gasteiger partial charge >= 0.3 is 6.18 Å². The van der Waals surface area contributed by atoms with Gasteiger partial charge in [0.05, 0.1) is 5.56 Å². The summed E-state index contributed by atoms with van der Waals surface area (Å²) in [6.07, 6.45) is -3.73. The Morgan fingerprint density at radius 2 is 1.90 bits per heavy atom. The maximum Gasteiger partial charge on any atom is 0.417 e. The number of nitrogens with zero attached hydrogens (tertiary/aromatic N) is 2. The quantitative estimate of drug-likeness (QED) is 0.593. The summed E-state index contributed by atoms with van der Waals surface area (Å²) in [7, 11) is -3.73. The molecule has 0 bridgehead atoms. The number of nitrogens with one attached hydrogen (secondary N) is 2. The van der Waals surface area contributed by atoms with E-state index in [0.717, 1.165) is 23.6 Å². The summed E-state index contributed by atoms with van der Waals surface area (Å²) in [5.41, 5.74) is -0.847. The molecular weight excluding hydrogens is 461 g/mol. The first-order valence-electron chi connectivity index (χ1n) is 8.90. The van der Waals surface area contributed by atoms with E-state index >= 15 is 0 Å². The molecule has 1 fully saturated rings. The minimum absolute atomic E-state index is 0.00531. The van der Waals surface area contributed by atoms with Crippen LogP contribution in [-0.4, -0.2) is 61.3 Å². The lowest BCUT2D eigenvalue weighted by molar-refractivity contribution is -0.137. The van der Waals surface area contributed by atoms with E-state index in [4.69, 9.17) is 0 Å². The fourth-order valence-corrected chi connectivity index (χ4v) is 6.60. The number of pyridine rings is 1. The van der Waals surface area contributed by atoms with Crippen molar-refractivity contribution in [3.8, 4) is 0 Å². The summed E-state index contributed by atoms with van der Waals surface area (Å²) in [5.74, 6) is 1.15. The summed E-state index contributed by atoms with van der Waals surface area (Å²) in [6.45, 7) is 1.17. The van der Waals surface area contributed by atoms with Crippen molar-refractivity contribution in [2.45, 2.75) is 11.1 Å². The molecule has 30 heavy (non-hydrogen) atoms. The molecule has 164 valence electrons. The number of alkyl halides is 3. The van der Waals surface area contributed by atoms with Crippen LogP contribution in [0, 0.1) is 0 Å². The summed E-state index contributed by atoms with van der Waals surface area (Å²) in [4.78, 5) is 16.3. The minimum Gasteiger partial charge on any atom is -0.368 e. The van der Waals surface area contributed by atoms with E-state index in [1.54, 1.807) is 17.1 Å². The Hall–Kier alpha value is -1.83. The molecule has 1 saturated heterocycles. The van der Waals surface area contributed by atoms with E-state index in [1.165, 1.54) is 16.4 Å². The summed E-state index contributed by atoms with van der Waals surface area (Å²) < 4.78 is 64.6. The maximum absolute atomic E-state index is 12.8. The normalized spacial score (nSPS) is 15.7. The molecule has 0 saturated carbocycles. The Morgan fingerprint density at radius 3 is 2.53 bits per heavy atom. The molecule has 13 heteroatoms. The molecule has 0 radical (unpaired) electrons. The number of aromatic nitrogens is 1. The Bertz CT molecular complexity index is 972. The molecule has 3 heterocycles. The van der Waals surface area contributed by atoms with Crippen LogP contribution in [0.2, 0.25) is 0 Å². The molecule has 0 unspecified atom stereocenters. The number of thioether (sulfide) groups is 1. The maximum atomic E-state index is 12.8. The molecule has 3 rings (SSSR count). The van der Waals surface area contributed by atoms with Crippen LogP contribution in [-0.2, 0) is 16.2 Å². The van der Waals surface area contributed by atoms with Crippen LogP contribution in [0.3, 0.4) is 0 Å². The van der Waals surface area contributed by atoms with Crippen LogP contribution < -0.4 is 10.6 Å². The molecule has 2 aromatic rings. The number of rotatable bonds is 7. The van der Waals surface area contributed by atoms with Crippen LogP contribution in [0.1, 0.15) is 15.2 Å². The van der Waals surface area contributed by atoms with Crippen molar-refractivity contribution in [1.82, 2.24) is 14.6 Å². The van der Waals surface area contributed by atoms with Crippen LogP contribution in [0.15, 0.2) is 34.7 Å². The molecular formula is C17H19F3N4O3S3. The minimum atomic E-state index is -4.45. The van der Waals surface area contributed by atoms with Gasteiger partial charge in [0.2, 0.25) is 10.0 Å². The Labute approximate surface area is 180 Å². The predicted molar refractivity (Wildman–Crippen MR) is 110 cm³/mol. The molecule has 7 nitrogen and oxygen atoms in total. The van der Waals surface area contributed by atoms with Crippen molar-refractivity contribution in [1.29, 1.82) is 0 Å². The van der Waals surface area contributed by atoms with Gasteiger partial charge in [-0.1, -0.05) is 0 Å². The molecule has 0 aliphatic carbocycles. The topological polar surface area (TPSA) is 91.4 Å². The molecule has 0 spiro atoms. The van der Waals surface area contributed by atoms with Crippen molar-refractivity contribution >= 4 is 44.8 Å². The van der Waals surface area contributed by atoms with Crippen LogP contribution in [0.4, 0.5) is 19.0 Å². The van der Waals surface area contributed by atoms with Gasteiger partial charge in [-0.3, -0.25) is 4.79 Å². The lowest BCUT2D eigenvalue weighted by Gasteiger charge is -2.25. The molecule has 0 atom stereocenters. The zero-order chi connectivity index (χ0) is 21.8. The number of hydrogen-bond donors (Lipinski definition) is 2. The number of halogens is 3. The van der Waals surface area contributed by atoms with Gasteiger partial charge in [0, 0.05) is 43.9 Å². The highest BCUT2D eigenvalue weighted by molar-refractivity contribution is 7.99. The highest BCUT2D eigenvalue weighted by Crippen LogP contribution is 2.29. The standard InChI is InChI=1S/C17H19F3N4O3S3/c18-17(19,20)12-1-2-14(23-11-12)21-4-5-22-16(25)15-13(3-8-29-15)30(26,27)24-6-9-28-10-7-24/h1-3,8,11H,4-7,9-10H2,(H,21,23)(H,22,25). The number of anilines is 1. The third-order valence-corrected chi connectivity index (χ3v) is 8.16. The van der Waals surface area contributed by atoms with Gasteiger partial charge in [-0.05, 0) is 23.6 Å². The monoisotopic (exact) mass is 480 g/mol. The van der Waals surface area contributed by atoms with Crippen LogP contribution in [0.5, 0.6) is 0 Å². The summed E-state index contributed by atoms with van der Waals surface area (Å²) in [5, 5.41) is 6.98. The molecule has 2 N–H and O–H groups in total. The first-order valence-corrected chi connectivity index (χ1v) is 12.4. The van der Waals surface area contributed by atoms with E-state index in [9.17, 15) is 26.4 Å². The fraction of sp³-hybridized carbons (Fsp3) is 0.412. The van der Waals surface area contributed by atoms with Gasteiger partial charge in [0.1, 0.15) is 15.6 Å². The zero-order valence-corrected chi connectivity index (χ0v) is 18.1. The average Bonchev–Trinajstić information content (AvgIpc) is 3.22. The number of carbonyl (C=O) groups excluding carboxylic acids is 1. The zero-order valence-electron chi connectivity index (χ0n) is 15.6. The van der Waals surface area contributed by atoms with Crippen LogP contribution >= 0.6 is 23.1 Å². The van der Waals surface area contributed by atoms with Gasteiger partial charge in [0.25, 0.3) is 5.91 Å². The van der Waals surface area contributed by atoms with E-state index < -0.39 is 27.7 Å². The number of thiophene rings is 1. The average molecular weight is 481 g/mol. The van der Waals surface area contributed by atoms with Gasteiger partial charge in [-0.25, -0.2) is 13.4 Å². The number of carbonyl (C=O) groups is 1. The van der Waals surface area contributed by atoms with E-state index in [0.29, 0.717) is 24.6 Å². The second kappa shape index (κ2) is 9.54. The second-order valence-electron chi connectivity index (χ2n) is 6.24. The SMILES string of the molecule is O=C(NCCNc1ccc(C(F)(F)F)cn1)c1sccc1S(=O)(=O)N1CCSCC1. The van der Waals surface area contributed by atoms with Crippen molar-refractivity contribution in [2.24, 2.45) is 0 Å². The van der Waals surface area contributed by atoms with Gasteiger partial charge in [0.15, 0.2) is 0 Å². The number of amides is 1. The van der Waals surface area contributed by atoms with Crippen molar-refractivity contribution in [3.63, 3.8) is 0 Å². The van der Waals surface area contributed by atoms with E-state index in [2.05, 4.69) is 15.6 Å². The van der Waals surface area contributed by atoms with Gasteiger partial charge in [-0.2, -0.15) is 29.2 Å². The highest BCUT2D eigenvalue weighted by Gasteiger charge is 2.31. The van der Waals surface area contributed by atoms with Crippen molar-refractivity contribution < 1.29 is 26.4 Å². The molecule has 1 aliphatic rings. The molecule has 0 aromatic carbocycles. The molecule has 1 aliphatic heterocycles. The Kier molecular flexibility index (Phi) is 7.26. The smallest absolute Gasteiger partial charge is 0.368 e. The Balaban J connectivity index is 1.54. The molecule has 1 amide bonds. The first kappa shape index (κ1) is 22.8. The second-order valence-corrected chi connectivity index (χ2v) is 10.3. The third kappa shape index (κ3) is 5.45. The third-order valence-electron chi connectivity index (χ3n) is 4.23. The lowest BCUT2D eigenvalue weighted by Crippen LogP contribution is -2.38. The van der Waals surface area contributed by atoms with Gasteiger partial charge in [-0.15, -0.1) is 11.3 Å². The summed E-state index contributed by atoms with van der Waals surface area (Å²) in [6, 6.07) is 3.54. The number of hydrogen-bond acceptors (Lipinski definition) is 7. The first-order chi connectivity index (χ1) is 14.2. The van der Waals surface area contributed by atoms with E-state index in [-0.39, 0.29) is 28.7 Å². The van der Waals surface area contributed by atoms with Crippen molar-refractivity contribution in [2.75, 3.05) is 43.0 Å². The Morgan fingerprint density at radius 1 is 1.17 bits per heavy atom. The van der Waals surface area contributed by atoms with E-state index in [1.807, 2.05) is 0 Å². The summed E-state index contributed by atoms with van der Waals surface area (Å²) >= 11 is 2.73. The molecule has 2 aromatic heterocycles. The van der Waals surface area contributed by atoms with Crippen molar-refractivity contribution in [3.05, 3.63) is 40.2 Å². The van der Waals surface area contributed by atoms with Crippen LogP contribution in [0.25, 0.3) is 0 Å². The predicted octanol–water partition coefficient (Wildman–Crippen LogP) is 2.74. The van der Waals surface area contributed by atoms with Gasteiger partial charge < -0.3 is 10.6 Å². The fourth-order valence-electron chi connectivity index (χ4n) is 2.71. The highest BCUT2D eigenvalue weighted by atomic mass is 32.2. The lowest BCUT2D eigenvalue weighted by atomic mass is 10.3. The number of sulfonamides is 1.